The molecule has 2 N–H and O–H groups in total. The van der Waals surface area contributed by atoms with E-state index in [2.05, 4.69) is 25.3 Å². The van der Waals surface area contributed by atoms with Gasteiger partial charge in [-0.05, 0) is 30.9 Å². The van der Waals surface area contributed by atoms with Crippen molar-refractivity contribution in [3.63, 3.8) is 0 Å². The quantitative estimate of drug-likeness (QED) is 0.910. The van der Waals surface area contributed by atoms with Crippen molar-refractivity contribution in [1.29, 1.82) is 0 Å². The van der Waals surface area contributed by atoms with Gasteiger partial charge < -0.3 is 9.84 Å². The predicted molar refractivity (Wildman–Crippen MR) is 73.6 cm³/mol. The zero-order valence-electron chi connectivity index (χ0n) is 11.6. The minimum atomic E-state index is -2.72. The van der Waals surface area contributed by atoms with E-state index in [1.54, 1.807) is 6.07 Å². The SMILES string of the molecule is O=C(NCc1cc(C(F)F)on1)Nc1ccc2c(n1)CCC2. The Hall–Kier alpha value is -2.51. The molecule has 2 heterocycles. The van der Waals surface area contributed by atoms with E-state index in [9.17, 15) is 13.6 Å². The second-order valence-electron chi connectivity index (χ2n) is 4.98. The molecule has 8 heteroatoms. The zero-order chi connectivity index (χ0) is 15.5. The van der Waals surface area contributed by atoms with Crippen LogP contribution in [0.15, 0.2) is 22.7 Å². The Morgan fingerprint density at radius 1 is 1.36 bits per heavy atom. The minimum absolute atomic E-state index is 0.00695. The molecule has 22 heavy (non-hydrogen) atoms. The summed E-state index contributed by atoms with van der Waals surface area (Å²) in [5.74, 6) is -0.0518. The first-order valence-corrected chi connectivity index (χ1v) is 6.89. The number of carbonyl (C=O) groups excluding carboxylic acids is 1. The molecule has 6 nitrogen and oxygen atoms in total. The van der Waals surface area contributed by atoms with Crippen LogP contribution < -0.4 is 10.6 Å². The lowest BCUT2D eigenvalue weighted by molar-refractivity contribution is 0.112. The van der Waals surface area contributed by atoms with Crippen LogP contribution in [0.25, 0.3) is 0 Å². The number of aryl methyl sites for hydroxylation is 2. The molecule has 2 aromatic rings. The van der Waals surface area contributed by atoms with Gasteiger partial charge in [0.25, 0.3) is 6.43 Å². The summed E-state index contributed by atoms with van der Waals surface area (Å²) in [6, 6.07) is 4.33. The average Bonchev–Trinajstić information content (AvgIpc) is 3.13. The van der Waals surface area contributed by atoms with Crippen molar-refractivity contribution in [2.24, 2.45) is 0 Å². The summed E-state index contributed by atoms with van der Waals surface area (Å²) in [6.07, 6.45) is 0.303. The summed E-state index contributed by atoms with van der Waals surface area (Å²) in [6.45, 7) is -0.00695. The van der Waals surface area contributed by atoms with Crippen LogP contribution in [0.1, 0.15) is 35.6 Å². The number of rotatable bonds is 4. The van der Waals surface area contributed by atoms with Gasteiger partial charge in [0.15, 0.2) is 0 Å². The maximum absolute atomic E-state index is 12.3. The number of hydrogen-bond acceptors (Lipinski definition) is 4. The molecule has 2 aromatic heterocycles. The fraction of sp³-hybridized carbons (Fsp3) is 0.357. The molecule has 0 saturated heterocycles. The number of anilines is 1. The largest absolute Gasteiger partial charge is 0.355 e. The van der Waals surface area contributed by atoms with E-state index in [-0.39, 0.29) is 12.2 Å². The minimum Gasteiger partial charge on any atom is -0.355 e. The molecule has 116 valence electrons. The summed E-state index contributed by atoms with van der Waals surface area (Å²) in [7, 11) is 0. The maximum atomic E-state index is 12.3. The molecule has 2 amide bonds. The van der Waals surface area contributed by atoms with Crippen LogP contribution in [0.4, 0.5) is 19.4 Å². The summed E-state index contributed by atoms with van der Waals surface area (Å²) < 4.78 is 29.1. The van der Waals surface area contributed by atoms with E-state index in [1.807, 2.05) is 6.07 Å². The number of urea groups is 1. The topological polar surface area (TPSA) is 80.0 Å². The summed E-state index contributed by atoms with van der Waals surface area (Å²) >= 11 is 0. The monoisotopic (exact) mass is 308 g/mol. The number of nitrogens with zero attached hydrogens (tertiary/aromatic N) is 2. The van der Waals surface area contributed by atoms with Crippen LogP contribution >= 0.6 is 0 Å². The molecule has 1 aliphatic carbocycles. The number of amides is 2. The van der Waals surface area contributed by atoms with E-state index in [0.29, 0.717) is 5.82 Å². The van der Waals surface area contributed by atoms with E-state index >= 15 is 0 Å². The van der Waals surface area contributed by atoms with Gasteiger partial charge in [-0.25, -0.2) is 18.6 Å². The number of carbonyl (C=O) groups is 1. The molecular weight excluding hydrogens is 294 g/mol. The molecule has 0 saturated carbocycles. The number of fused-ring (bicyclic) bond motifs is 1. The second kappa shape index (κ2) is 6.08. The van der Waals surface area contributed by atoms with Gasteiger partial charge in [-0.3, -0.25) is 5.32 Å². The molecule has 1 aliphatic rings. The summed E-state index contributed by atoms with van der Waals surface area (Å²) in [5.41, 5.74) is 2.45. The van der Waals surface area contributed by atoms with E-state index in [4.69, 9.17) is 0 Å². The van der Waals surface area contributed by atoms with Gasteiger partial charge in [0, 0.05) is 11.8 Å². The van der Waals surface area contributed by atoms with Crippen molar-refractivity contribution in [1.82, 2.24) is 15.5 Å². The van der Waals surface area contributed by atoms with Crippen LogP contribution in [0.5, 0.6) is 0 Å². The van der Waals surface area contributed by atoms with Gasteiger partial charge in [0.1, 0.15) is 11.5 Å². The van der Waals surface area contributed by atoms with Crippen LogP contribution in [0.2, 0.25) is 0 Å². The molecule has 3 rings (SSSR count). The Kier molecular flexibility index (Phi) is 3.99. The molecule has 0 unspecified atom stereocenters. The van der Waals surface area contributed by atoms with Crippen molar-refractivity contribution in [3.8, 4) is 0 Å². The Balaban J connectivity index is 1.54. The first-order chi connectivity index (χ1) is 10.6. The van der Waals surface area contributed by atoms with Crippen molar-refractivity contribution in [3.05, 3.63) is 40.9 Å². The third-order valence-corrected chi connectivity index (χ3v) is 3.39. The van der Waals surface area contributed by atoms with Gasteiger partial charge in [0.05, 0.1) is 6.54 Å². The van der Waals surface area contributed by atoms with Crippen LogP contribution in [0.3, 0.4) is 0 Å². The Labute approximate surface area is 124 Å². The summed E-state index contributed by atoms with van der Waals surface area (Å²) in [5, 5.41) is 8.56. The fourth-order valence-electron chi connectivity index (χ4n) is 2.34. The van der Waals surface area contributed by atoms with Gasteiger partial charge >= 0.3 is 6.03 Å². The van der Waals surface area contributed by atoms with Crippen molar-refractivity contribution in [2.75, 3.05) is 5.32 Å². The van der Waals surface area contributed by atoms with Gasteiger partial charge in [0.2, 0.25) is 5.76 Å². The highest BCUT2D eigenvalue weighted by Gasteiger charge is 2.15. The molecule has 0 fully saturated rings. The molecule has 0 atom stereocenters. The highest BCUT2D eigenvalue weighted by molar-refractivity contribution is 5.88. The van der Waals surface area contributed by atoms with Gasteiger partial charge in [-0.15, -0.1) is 0 Å². The third kappa shape index (κ3) is 3.21. The first kappa shape index (κ1) is 14.4. The van der Waals surface area contributed by atoms with Crippen LogP contribution in [0, 0.1) is 0 Å². The lowest BCUT2D eigenvalue weighted by Crippen LogP contribution is -2.28. The number of hydrogen-bond donors (Lipinski definition) is 2. The molecule has 0 bridgehead atoms. The molecule has 0 radical (unpaired) electrons. The second-order valence-corrected chi connectivity index (χ2v) is 4.98. The molecular formula is C14H14F2N4O2. The van der Waals surface area contributed by atoms with Crippen LogP contribution in [-0.2, 0) is 19.4 Å². The van der Waals surface area contributed by atoms with E-state index < -0.39 is 18.2 Å². The molecule has 0 spiro atoms. The average molecular weight is 308 g/mol. The van der Waals surface area contributed by atoms with E-state index in [1.165, 1.54) is 5.56 Å². The lowest BCUT2D eigenvalue weighted by atomic mass is 10.2. The number of nitrogens with one attached hydrogen (secondary N) is 2. The first-order valence-electron chi connectivity index (χ1n) is 6.89. The number of halogens is 2. The predicted octanol–water partition coefficient (Wildman–Crippen LogP) is 2.82. The van der Waals surface area contributed by atoms with Crippen LogP contribution in [-0.4, -0.2) is 16.2 Å². The van der Waals surface area contributed by atoms with Crippen molar-refractivity contribution < 1.29 is 18.1 Å². The van der Waals surface area contributed by atoms with Crippen molar-refractivity contribution in [2.45, 2.75) is 32.2 Å². The Bertz CT molecular complexity index is 687. The highest BCUT2D eigenvalue weighted by atomic mass is 19.3. The lowest BCUT2D eigenvalue weighted by Gasteiger charge is -2.07. The number of pyridine rings is 1. The zero-order valence-corrected chi connectivity index (χ0v) is 11.6. The normalized spacial score (nSPS) is 13.2. The molecule has 0 aliphatic heterocycles. The maximum Gasteiger partial charge on any atom is 0.320 e. The highest BCUT2D eigenvalue weighted by Crippen LogP contribution is 2.21. The number of aromatic nitrogens is 2. The van der Waals surface area contributed by atoms with Gasteiger partial charge in [-0.2, -0.15) is 0 Å². The Morgan fingerprint density at radius 3 is 3.00 bits per heavy atom. The van der Waals surface area contributed by atoms with E-state index in [0.717, 1.165) is 31.0 Å². The Morgan fingerprint density at radius 2 is 2.23 bits per heavy atom. The fourth-order valence-corrected chi connectivity index (χ4v) is 2.34. The third-order valence-electron chi connectivity index (χ3n) is 3.39. The molecule has 0 aromatic carbocycles. The smallest absolute Gasteiger partial charge is 0.320 e. The number of alkyl halides is 2. The van der Waals surface area contributed by atoms with Crippen molar-refractivity contribution >= 4 is 11.8 Å². The standard InChI is InChI=1S/C14H14F2N4O2/c15-13(16)11-6-9(20-22-11)7-17-14(21)19-12-5-4-8-2-1-3-10(8)18-12/h4-6,13H,1-3,7H2,(H2,17,18,19,21). The summed E-state index contributed by atoms with van der Waals surface area (Å²) in [4.78, 5) is 16.1. The van der Waals surface area contributed by atoms with Gasteiger partial charge in [-0.1, -0.05) is 11.2 Å².